The predicted molar refractivity (Wildman–Crippen MR) is 32.5 cm³/mol. The van der Waals surface area contributed by atoms with Crippen molar-refractivity contribution >= 4 is 0 Å². The Kier molecular flexibility index (Phi) is 3.31. The van der Waals surface area contributed by atoms with Gasteiger partial charge in [-0.05, 0) is 5.41 Å². The Labute approximate surface area is 63.2 Å². The molecule has 0 saturated carbocycles. The Bertz CT molecular complexity index is 100.0. The predicted octanol–water partition coefficient (Wildman–Crippen LogP) is 2.50. The smallest absolute Gasteiger partial charge is 0.228 e. The lowest BCUT2D eigenvalue weighted by Gasteiger charge is -2.17. The van der Waals surface area contributed by atoms with Crippen LogP contribution in [0.4, 0.5) is 13.2 Å². The molecule has 0 aliphatic heterocycles. The first-order valence-electron chi connectivity index (χ1n) is 3.08. The summed E-state index contributed by atoms with van der Waals surface area (Å²) in [4.78, 5) is 7.04. The second-order valence-corrected chi connectivity index (χ2v) is 3.35. The molecule has 0 aromatic heterocycles. The van der Waals surface area contributed by atoms with E-state index < -0.39 is 6.36 Å². The summed E-state index contributed by atoms with van der Waals surface area (Å²) in [6.45, 7) is 5.14. The minimum absolute atomic E-state index is 0.0908. The third-order valence-corrected chi connectivity index (χ3v) is 0.645. The molecule has 0 bridgehead atoms. The van der Waals surface area contributed by atoms with E-state index in [1.165, 1.54) is 0 Å². The Morgan fingerprint density at radius 2 is 1.55 bits per heavy atom. The van der Waals surface area contributed by atoms with Crippen molar-refractivity contribution in [3.63, 3.8) is 0 Å². The van der Waals surface area contributed by atoms with Gasteiger partial charge in [0.15, 0.2) is 0 Å². The highest BCUT2D eigenvalue weighted by Crippen LogP contribution is 2.19. The SMILES string of the molecule is CC(C)(C)COOC(F)(F)F. The molecule has 5 heteroatoms. The highest BCUT2D eigenvalue weighted by molar-refractivity contribution is 4.57. The van der Waals surface area contributed by atoms with Crippen molar-refractivity contribution in [2.24, 2.45) is 5.41 Å². The summed E-state index contributed by atoms with van der Waals surface area (Å²) < 4.78 is 33.9. The zero-order valence-electron chi connectivity index (χ0n) is 6.66. The summed E-state index contributed by atoms with van der Waals surface area (Å²) in [6.07, 6.45) is -4.70. The van der Waals surface area contributed by atoms with Gasteiger partial charge in [0.2, 0.25) is 0 Å². The van der Waals surface area contributed by atoms with Crippen LogP contribution in [-0.4, -0.2) is 13.0 Å². The van der Waals surface area contributed by atoms with Gasteiger partial charge in [-0.1, -0.05) is 20.8 Å². The normalized spacial score (nSPS) is 13.6. The summed E-state index contributed by atoms with van der Waals surface area (Å²) in [7, 11) is 0. The van der Waals surface area contributed by atoms with Crippen LogP contribution in [0.15, 0.2) is 0 Å². The Morgan fingerprint density at radius 3 is 1.82 bits per heavy atom. The van der Waals surface area contributed by atoms with Gasteiger partial charge in [0, 0.05) is 0 Å². The van der Waals surface area contributed by atoms with Gasteiger partial charge in [-0.3, -0.25) is 0 Å². The Balaban J connectivity index is 3.44. The van der Waals surface area contributed by atoms with Crippen LogP contribution in [0.25, 0.3) is 0 Å². The minimum atomic E-state index is -4.70. The van der Waals surface area contributed by atoms with Crippen LogP contribution >= 0.6 is 0 Å². The highest BCUT2D eigenvalue weighted by atomic mass is 19.4. The molecule has 0 aromatic carbocycles. The number of halogens is 3. The van der Waals surface area contributed by atoms with E-state index in [-0.39, 0.29) is 12.0 Å². The van der Waals surface area contributed by atoms with Gasteiger partial charge in [-0.2, -0.15) is 0 Å². The van der Waals surface area contributed by atoms with Crippen LogP contribution in [0.2, 0.25) is 0 Å². The summed E-state index contributed by atoms with van der Waals surface area (Å²) >= 11 is 0. The van der Waals surface area contributed by atoms with Crippen LogP contribution in [0, 0.1) is 5.41 Å². The second kappa shape index (κ2) is 3.40. The molecule has 0 fully saturated rings. The maximum absolute atomic E-state index is 11.3. The van der Waals surface area contributed by atoms with Crippen LogP contribution in [-0.2, 0) is 9.78 Å². The maximum Gasteiger partial charge on any atom is 0.549 e. The molecule has 2 nitrogen and oxygen atoms in total. The fourth-order valence-electron chi connectivity index (χ4n) is 0.273. The van der Waals surface area contributed by atoms with Gasteiger partial charge in [-0.15, -0.1) is 18.1 Å². The monoisotopic (exact) mass is 172 g/mol. The van der Waals surface area contributed by atoms with Crippen LogP contribution in [0.1, 0.15) is 20.8 Å². The number of alkyl halides is 3. The summed E-state index contributed by atoms with van der Waals surface area (Å²) in [5.74, 6) is 0. The van der Waals surface area contributed by atoms with Crippen LogP contribution in [0.3, 0.4) is 0 Å². The van der Waals surface area contributed by atoms with Crippen molar-refractivity contribution in [3.05, 3.63) is 0 Å². The quantitative estimate of drug-likeness (QED) is 0.470. The molecule has 68 valence electrons. The topological polar surface area (TPSA) is 18.5 Å². The van der Waals surface area contributed by atoms with Gasteiger partial charge in [0.25, 0.3) is 0 Å². The molecular weight excluding hydrogens is 161 g/mol. The second-order valence-electron chi connectivity index (χ2n) is 3.35. The summed E-state index contributed by atoms with van der Waals surface area (Å²) in [5, 5.41) is 0. The zero-order valence-corrected chi connectivity index (χ0v) is 6.66. The third kappa shape index (κ3) is 9.71. The lowest BCUT2D eigenvalue weighted by molar-refractivity contribution is -0.488. The molecule has 0 unspecified atom stereocenters. The molecule has 0 radical (unpaired) electrons. The first-order chi connectivity index (χ1) is 4.71. The van der Waals surface area contributed by atoms with Gasteiger partial charge in [0.1, 0.15) is 0 Å². The molecule has 0 rings (SSSR count). The van der Waals surface area contributed by atoms with E-state index in [2.05, 4.69) is 9.78 Å². The van der Waals surface area contributed by atoms with E-state index in [9.17, 15) is 13.2 Å². The number of rotatable bonds is 2. The van der Waals surface area contributed by atoms with Gasteiger partial charge < -0.3 is 0 Å². The molecule has 0 N–H and O–H groups in total. The van der Waals surface area contributed by atoms with Gasteiger partial charge >= 0.3 is 6.36 Å². The lowest BCUT2D eigenvalue weighted by Crippen LogP contribution is -2.20. The largest absolute Gasteiger partial charge is 0.549 e. The first kappa shape index (κ1) is 10.7. The standard InChI is InChI=1S/C6H11F3O2/c1-5(2,3)4-10-11-6(7,8)9/h4H2,1-3H3. The fraction of sp³-hybridized carbons (Fsp3) is 1.00. The first-order valence-corrected chi connectivity index (χ1v) is 3.08. The molecule has 0 spiro atoms. The van der Waals surface area contributed by atoms with Crippen molar-refractivity contribution in [2.45, 2.75) is 27.1 Å². The molecule has 11 heavy (non-hydrogen) atoms. The van der Waals surface area contributed by atoms with E-state index >= 15 is 0 Å². The fourth-order valence-corrected chi connectivity index (χ4v) is 0.273. The molecule has 0 aliphatic carbocycles. The van der Waals surface area contributed by atoms with E-state index in [4.69, 9.17) is 0 Å². The van der Waals surface area contributed by atoms with Crippen molar-refractivity contribution in [3.8, 4) is 0 Å². The summed E-state index contributed by atoms with van der Waals surface area (Å²) in [5.41, 5.74) is -0.328. The Hall–Kier alpha value is -0.290. The zero-order chi connectivity index (χ0) is 9.12. The highest BCUT2D eigenvalue weighted by Gasteiger charge is 2.31. The van der Waals surface area contributed by atoms with Crippen molar-refractivity contribution in [1.82, 2.24) is 0 Å². The molecule has 0 aliphatic rings. The summed E-state index contributed by atoms with van der Waals surface area (Å²) in [6, 6.07) is 0. The lowest BCUT2D eigenvalue weighted by atomic mass is 9.99. The van der Waals surface area contributed by atoms with E-state index in [1.807, 2.05) is 0 Å². The minimum Gasteiger partial charge on any atom is -0.228 e. The van der Waals surface area contributed by atoms with Crippen LogP contribution < -0.4 is 0 Å². The molecule has 0 aromatic rings. The molecule has 0 atom stereocenters. The van der Waals surface area contributed by atoms with Crippen molar-refractivity contribution < 1.29 is 22.9 Å². The average Bonchev–Trinajstić information content (AvgIpc) is 1.55. The van der Waals surface area contributed by atoms with Crippen molar-refractivity contribution in [1.29, 1.82) is 0 Å². The van der Waals surface area contributed by atoms with E-state index in [1.54, 1.807) is 20.8 Å². The van der Waals surface area contributed by atoms with E-state index in [0.717, 1.165) is 0 Å². The molecule has 0 saturated heterocycles. The van der Waals surface area contributed by atoms with Crippen LogP contribution in [0.5, 0.6) is 0 Å². The maximum atomic E-state index is 11.3. The average molecular weight is 172 g/mol. The Morgan fingerprint density at radius 1 is 1.09 bits per heavy atom. The third-order valence-electron chi connectivity index (χ3n) is 0.645. The molecule has 0 amide bonds. The van der Waals surface area contributed by atoms with Gasteiger partial charge in [0.05, 0.1) is 6.61 Å². The van der Waals surface area contributed by atoms with Gasteiger partial charge in [-0.25, -0.2) is 4.89 Å². The molecular formula is C6H11F3O2. The van der Waals surface area contributed by atoms with E-state index in [0.29, 0.717) is 0 Å². The number of hydrogen-bond donors (Lipinski definition) is 0. The number of hydrogen-bond acceptors (Lipinski definition) is 2. The van der Waals surface area contributed by atoms with Crippen molar-refractivity contribution in [2.75, 3.05) is 6.61 Å². The molecule has 0 heterocycles.